The van der Waals surface area contributed by atoms with Crippen molar-refractivity contribution in [2.75, 3.05) is 13.2 Å². The lowest BCUT2D eigenvalue weighted by Crippen LogP contribution is -2.25. The second kappa shape index (κ2) is 4.01. The molecule has 0 aliphatic heterocycles. The van der Waals surface area contributed by atoms with Gasteiger partial charge in [0, 0.05) is 34.9 Å². The average molecular weight is 211 g/mol. The molecule has 1 fully saturated rings. The Balaban J connectivity index is 1.73. The molecule has 0 saturated heterocycles. The van der Waals surface area contributed by atoms with Crippen molar-refractivity contribution in [3.8, 4) is 0 Å². The van der Waals surface area contributed by atoms with Gasteiger partial charge in [-0.15, -0.1) is 11.3 Å². The molecule has 0 bridgehead atoms. The molecule has 0 atom stereocenters. The molecule has 0 unspecified atom stereocenters. The molecule has 1 heterocycles. The zero-order chi connectivity index (χ0) is 10.0. The van der Waals surface area contributed by atoms with Crippen molar-refractivity contribution >= 4 is 11.3 Å². The predicted octanol–water partition coefficient (Wildman–Crippen LogP) is 1.92. The minimum atomic E-state index is 0.228. The number of thiophene rings is 1. The van der Waals surface area contributed by atoms with E-state index < -0.39 is 0 Å². The number of nitrogens with one attached hydrogen (secondary N) is 1. The molecule has 0 radical (unpaired) electrons. The minimum Gasteiger partial charge on any atom is -0.396 e. The maximum Gasteiger partial charge on any atom is 0.0499 e. The van der Waals surface area contributed by atoms with Gasteiger partial charge in [0.25, 0.3) is 0 Å². The quantitative estimate of drug-likeness (QED) is 0.780. The van der Waals surface area contributed by atoms with Crippen LogP contribution >= 0.6 is 11.3 Å². The summed E-state index contributed by atoms with van der Waals surface area (Å²) in [7, 11) is 0. The minimum absolute atomic E-state index is 0.228. The van der Waals surface area contributed by atoms with Gasteiger partial charge in [-0.1, -0.05) is 0 Å². The van der Waals surface area contributed by atoms with Crippen molar-refractivity contribution in [2.24, 2.45) is 5.41 Å². The van der Waals surface area contributed by atoms with Gasteiger partial charge in [-0.05, 0) is 31.9 Å². The molecule has 78 valence electrons. The fraction of sp³-hybridized carbons (Fsp3) is 0.636. The first-order valence-electron chi connectivity index (χ1n) is 5.11. The van der Waals surface area contributed by atoms with E-state index in [9.17, 15) is 0 Å². The SMILES string of the molecule is Cc1ccc(CNCC2(CO)CC2)s1. The Morgan fingerprint density at radius 3 is 2.79 bits per heavy atom. The maximum atomic E-state index is 9.12. The van der Waals surface area contributed by atoms with Crippen molar-refractivity contribution in [3.05, 3.63) is 21.9 Å². The van der Waals surface area contributed by atoms with E-state index in [-0.39, 0.29) is 5.41 Å². The fourth-order valence-electron chi connectivity index (χ4n) is 1.60. The van der Waals surface area contributed by atoms with Crippen molar-refractivity contribution < 1.29 is 5.11 Å². The van der Waals surface area contributed by atoms with Crippen LogP contribution in [0.5, 0.6) is 0 Å². The molecule has 0 aromatic carbocycles. The van der Waals surface area contributed by atoms with Crippen molar-refractivity contribution in [1.82, 2.24) is 5.32 Å². The molecule has 2 nitrogen and oxygen atoms in total. The Bertz CT molecular complexity index is 304. The van der Waals surface area contributed by atoms with Gasteiger partial charge in [-0.25, -0.2) is 0 Å². The van der Waals surface area contributed by atoms with Gasteiger partial charge in [-0.3, -0.25) is 0 Å². The van der Waals surface area contributed by atoms with Gasteiger partial charge >= 0.3 is 0 Å². The Labute approximate surface area is 89.0 Å². The van der Waals surface area contributed by atoms with E-state index in [1.54, 1.807) is 0 Å². The van der Waals surface area contributed by atoms with Crippen molar-refractivity contribution in [1.29, 1.82) is 0 Å². The summed E-state index contributed by atoms with van der Waals surface area (Å²) in [6, 6.07) is 4.33. The number of hydrogen-bond donors (Lipinski definition) is 2. The molecule has 14 heavy (non-hydrogen) atoms. The largest absolute Gasteiger partial charge is 0.396 e. The molecular weight excluding hydrogens is 194 g/mol. The molecule has 1 aromatic rings. The second-order valence-corrected chi connectivity index (χ2v) is 5.65. The lowest BCUT2D eigenvalue weighted by molar-refractivity contribution is 0.207. The Morgan fingerprint density at radius 2 is 2.29 bits per heavy atom. The number of aliphatic hydroxyl groups excluding tert-OH is 1. The van der Waals surface area contributed by atoms with E-state index in [1.807, 2.05) is 11.3 Å². The van der Waals surface area contributed by atoms with E-state index in [4.69, 9.17) is 5.11 Å². The molecule has 1 saturated carbocycles. The van der Waals surface area contributed by atoms with E-state index in [0.717, 1.165) is 13.1 Å². The van der Waals surface area contributed by atoms with Crippen molar-refractivity contribution in [3.63, 3.8) is 0 Å². The number of aliphatic hydroxyl groups is 1. The molecule has 3 heteroatoms. The molecule has 1 aliphatic rings. The number of rotatable bonds is 5. The van der Waals surface area contributed by atoms with Gasteiger partial charge in [0.05, 0.1) is 0 Å². The smallest absolute Gasteiger partial charge is 0.0499 e. The molecular formula is C11H17NOS. The van der Waals surface area contributed by atoms with Gasteiger partial charge in [0.1, 0.15) is 0 Å². The lowest BCUT2D eigenvalue weighted by atomic mass is 10.1. The molecule has 2 rings (SSSR count). The maximum absolute atomic E-state index is 9.12. The summed E-state index contributed by atoms with van der Waals surface area (Å²) in [4.78, 5) is 2.75. The highest BCUT2D eigenvalue weighted by Gasteiger charge is 2.41. The highest BCUT2D eigenvalue weighted by atomic mass is 32.1. The van der Waals surface area contributed by atoms with Crippen LogP contribution in [0.2, 0.25) is 0 Å². The Hall–Kier alpha value is -0.380. The number of aryl methyl sites for hydroxylation is 1. The zero-order valence-corrected chi connectivity index (χ0v) is 9.36. The van der Waals surface area contributed by atoms with Crippen LogP contribution in [0.25, 0.3) is 0 Å². The summed E-state index contributed by atoms with van der Waals surface area (Å²) in [6.45, 7) is 4.37. The lowest BCUT2D eigenvalue weighted by Gasteiger charge is -2.11. The molecule has 0 amide bonds. The standard InChI is InChI=1S/C11H17NOS/c1-9-2-3-10(14-9)6-12-7-11(8-13)4-5-11/h2-3,12-13H,4-8H2,1H3. The highest BCUT2D eigenvalue weighted by Crippen LogP contribution is 2.44. The summed E-state index contributed by atoms with van der Waals surface area (Å²) in [6.07, 6.45) is 2.36. The Morgan fingerprint density at radius 1 is 1.50 bits per heavy atom. The first-order valence-corrected chi connectivity index (χ1v) is 5.93. The topological polar surface area (TPSA) is 32.3 Å². The van der Waals surface area contributed by atoms with Crippen LogP contribution in [0, 0.1) is 12.3 Å². The second-order valence-electron chi connectivity index (χ2n) is 4.27. The normalized spacial score (nSPS) is 18.4. The average Bonchev–Trinajstić information content (AvgIpc) is 2.84. The van der Waals surface area contributed by atoms with Crippen LogP contribution in [0.3, 0.4) is 0 Å². The number of hydrogen-bond acceptors (Lipinski definition) is 3. The van der Waals surface area contributed by atoms with Gasteiger partial charge in [0.2, 0.25) is 0 Å². The Kier molecular flexibility index (Phi) is 2.91. The van der Waals surface area contributed by atoms with Crippen LogP contribution in [-0.2, 0) is 6.54 Å². The highest BCUT2D eigenvalue weighted by molar-refractivity contribution is 7.11. The van der Waals surface area contributed by atoms with E-state index in [0.29, 0.717) is 6.61 Å². The van der Waals surface area contributed by atoms with Crippen molar-refractivity contribution in [2.45, 2.75) is 26.3 Å². The van der Waals surface area contributed by atoms with Crippen LogP contribution in [0.15, 0.2) is 12.1 Å². The monoisotopic (exact) mass is 211 g/mol. The molecule has 1 aliphatic carbocycles. The van der Waals surface area contributed by atoms with Gasteiger partial charge in [-0.2, -0.15) is 0 Å². The fourth-order valence-corrected chi connectivity index (χ4v) is 2.46. The zero-order valence-electron chi connectivity index (χ0n) is 8.55. The molecule has 0 spiro atoms. The van der Waals surface area contributed by atoms with Crippen LogP contribution < -0.4 is 5.32 Å². The summed E-state index contributed by atoms with van der Waals surface area (Å²) < 4.78 is 0. The first-order chi connectivity index (χ1) is 6.74. The summed E-state index contributed by atoms with van der Waals surface area (Å²) >= 11 is 1.84. The third kappa shape index (κ3) is 2.35. The van der Waals surface area contributed by atoms with Crippen LogP contribution in [-0.4, -0.2) is 18.3 Å². The predicted molar refractivity (Wildman–Crippen MR) is 59.5 cm³/mol. The van der Waals surface area contributed by atoms with Gasteiger partial charge in [0.15, 0.2) is 0 Å². The summed E-state index contributed by atoms with van der Waals surface area (Å²) in [5.74, 6) is 0. The van der Waals surface area contributed by atoms with Gasteiger partial charge < -0.3 is 10.4 Å². The van der Waals surface area contributed by atoms with Crippen LogP contribution in [0.1, 0.15) is 22.6 Å². The third-order valence-electron chi connectivity index (χ3n) is 2.89. The first kappa shape index (κ1) is 10.1. The van der Waals surface area contributed by atoms with E-state index in [2.05, 4.69) is 24.4 Å². The molecule has 1 aromatic heterocycles. The third-order valence-corrected chi connectivity index (χ3v) is 3.89. The molecule has 2 N–H and O–H groups in total. The summed E-state index contributed by atoms with van der Waals surface area (Å²) in [5, 5.41) is 12.5. The van der Waals surface area contributed by atoms with E-state index >= 15 is 0 Å². The summed E-state index contributed by atoms with van der Waals surface area (Å²) in [5.41, 5.74) is 0.228. The van der Waals surface area contributed by atoms with Crippen LogP contribution in [0.4, 0.5) is 0 Å². The van der Waals surface area contributed by atoms with E-state index in [1.165, 1.54) is 22.6 Å².